The molecular weight excluding hydrogens is 717 g/mol. The van der Waals surface area contributed by atoms with Crippen molar-refractivity contribution in [1.29, 1.82) is 0 Å². The molecule has 4 heteroatoms. The summed E-state index contributed by atoms with van der Waals surface area (Å²) >= 11 is 3.68. The maximum Gasteiger partial charge on any atom is 0.0462 e. The summed E-state index contributed by atoms with van der Waals surface area (Å²) in [6, 6.07) is 78.7. The molecule has 2 nitrogen and oxygen atoms in total. The van der Waals surface area contributed by atoms with Crippen LogP contribution in [0.4, 0.5) is 34.1 Å². The maximum absolute atomic E-state index is 2.32. The molecule has 2 heterocycles. The zero-order valence-corrected chi connectivity index (χ0v) is 32.1. The molecule has 10 rings (SSSR count). The number of benzene rings is 8. The van der Waals surface area contributed by atoms with E-state index in [0.29, 0.717) is 0 Å². The van der Waals surface area contributed by atoms with Crippen molar-refractivity contribution in [2.75, 3.05) is 9.80 Å². The lowest BCUT2D eigenvalue weighted by atomic mass is 10.0. The Morgan fingerprint density at radius 1 is 0.250 bits per heavy atom. The van der Waals surface area contributed by atoms with Crippen LogP contribution in [0.2, 0.25) is 0 Å². The fourth-order valence-corrected chi connectivity index (χ4v) is 9.59. The minimum atomic E-state index is 1.11. The SMILES string of the molecule is c1ccc(N(c2ccc(-c3ccc(N(c4ccccc4)c4ccc(-c5cc6ccccc6s5)cc4)cc3)cc2)c2ccc(-c3cc4ccccc4s3)cc2)cc1. The number of thiophene rings is 2. The summed E-state index contributed by atoms with van der Waals surface area (Å²) in [5.74, 6) is 0. The predicted octanol–water partition coefficient (Wildman–Crippen LogP) is 16.1. The van der Waals surface area contributed by atoms with E-state index in [9.17, 15) is 0 Å². The van der Waals surface area contributed by atoms with Crippen LogP contribution in [0, 0.1) is 0 Å². The molecule has 0 fully saturated rings. The van der Waals surface area contributed by atoms with Crippen LogP contribution in [0.1, 0.15) is 0 Å². The topological polar surface area (TPSA) is 6.48 Å². The van der Waals surface area contributed by atoms with Crippen LogP contribution in [-0.4, -0.2) is 0 Å². The maximum atomic E-state index is 2.32. The quantitative estimate of drug-likeness (QED) is 0.145. The lowest BCUT2D eigenvalue weighted by Gasteiger charge is -2.26. The van der Waals surface area contributed by atoms with E-state index in [1.54, 1.807) is 0 Å². The number of fused-ring (bicyclic) bond motifs is 2. The Balaban J connectivity index is 0.925. The molecule has 0 spiro atoms. The lowest BCUT2D eigenvalue weighted by molar-refractivity contribution is 1.28. The number of nitrogens with zero attached hydrogens (tertiary/aromatic N) is 2. The van der Waals surface area contributed by atoms with Gasteiger partial charge < -0.3 is 9.80 Å². The molecule has 266 valence electrons. The molecule has 0 atom stereocenters. The van der Waals surface area contributed by atoms with Crippen molar-refractivity contribution in [3.05, 3.63) is 218 Å². The molecule has 0 N–H and O–H groups in total. The second-order valence-electron chi connectivity index (χ2n) is 13.8. The van der Waals surface area contributed by atoms with E-state index in [0.717, 1.165) is 34.1 Å². The first-order chi connectivity index (χ1) is 27.7. The van der Waals surface area contributed by atoms with E-state index >= 15 is 0 Å². The van der Waals surface area contributed by atoms with Crippen molar-refractivity contribution in [3.63, 3.8) is 0 Å². The molecule has 8 aromatic carbocycles. The normalized spacial score (nSPS) is 11.2. The number of para-hydroxylation sites is 2. The number of hydrogen-bond donors (Lipinski definition) is 0. The first-order valence-corrected chi connectivity index (χ1v) is 20.5. The second-order valence-corrected chi connectivity index (χ2v) is 16.0. The monoisotopic (exact) mass is 752 g/mol. The Labute approximate surface area is 335 Å². The summed E-state index contributed by atoms with van der Waals surface area (Å²) in [6.07, 6.45) is 0. The number of anilines is 6. The van der Waals surface area contributed by atoms with Crippen LogP contribution < -0.4 is 9.80 Å². The molecule has 0 aliphatic rings. The third-order valence-electron chi connectivity index (χ3n) is 10.3. The van der Waals surface area contributed by atoms with Crippen LogP contribution in [0.3, 0.4) is 0 Å². The average Bonchev–Trinajstić information content (AvgIpc) is 3.91. The van der Waals surface area contributed by atoms with Gasteiger partial charge in [-0.2, -0.15) is 0 Å². The highest BCUT2D eigenvalue weighted by atomic mass is 32.1. The Morgan fingerprint density at radius 3 is 0.875 bits per heavy atom. The van der Waals surface area contributed by atoms with Crippen molar-refractivity contribution in [2.45, 2.75) is 0 Å². The molecule has 56 heavy (non-hydrogen) atoms. The van der Waals surface area contributed by atoms with Gasteiger partial charge in [0.15, 0.2) is 0 Å². The van der Waals surface area contributed by atoms with Crippen molar-refractivity contribution in [1.82, 2.24) is 0 Å². The van der Waals surface area contributed by atoms with Crippen LogP contribution >= 0.6 is 22.7 Å². The predicted molar refractivity (Wildman–Crippen MR) is 243 cm³/mol. The minimum absolute atomic E-state index is 1.11. The van der Waals surface area contributed by atoms with Gasteiger partial charge in [-0.1, -0.05) is 121 Å². The zero-order valence-electron chi connectivity index (χ0n) is 30.5. The highest BCUT2D eigenvalue weighted by molar-refractivity contribution is 7.22. The van der Waals surface area contributed by atoms with Gasteiger partial charge in [0, 0.05) is 53.3 Å². The average molecular weight is 753 g/mol. The number of rotatable bonds is 9. The molecule has 0 unspecified atom stereocenters. The van der Waals surface area contributed by atoms with Gasteiger partial charge >= 0.3 is 0 Å². The number of hydrogen-bond acceptors (Lipinski definition) is 4. The fourth-order valence-electron chi connectivity index (χ4n) is 7.45. The standard InChI is InChI=1S/C52H36N2S2/c1-3-13-43(14-4-1)53(47-31-23-39(24-32-47)51-35-41-11-7-9-17-49(41)55-51)45-27-19-37(20-28-45)38-21-29-46(30-22-38)54(44-15-5-2-6-16-44)48-33-25-40(26-34-48)52-36-42-12-8-10-18-50(42)56-52/h1-36H. The van der Waals surface area contributed by atoms with E-state index in [1.165, 1.54) is 52.2 Å². The zero-order chi connectivity index (χ0) is 37.3. The third kappa shape index (κ3) is 6.66. The summed E-state index contributed by atoms with van der Waals surface area (Å²) in [6.45, 7) is 0. The van der Waals surface area contributed by atoms with Crippen molar-refractivity contribution in [3.8, 4) is 32.0 Å². The lowest BCUT2D eigenvalue weighted by Crippen LogP contribution is -2.10. The van der Waals surface area contributed by atoms with Gasteiger partial charge in [0.05, 0.1) is 0 Å². The summed E-state index contributed by atoms with van der Waals surface area (Å²) in [7, 11) is 0. The Morgan fingerprint density at radius 2 is 0.536 bits per heavy atom. The van der Waals surface area contributed by atoms with E-state index in [4.69, 9.17) is 0 Å². The summed E-state index contributed by atoms with van der Waals surface area (Å²) in [5, 5.41) is 2.58. The van der Waals surface area contributed by atoms with E-state index in [2.05, 4.69) is 228 Å². The van der Waals surface area contributed by atoms with E-state index in [1.807, 2.05) is 22.7 Å². The largest absolute Gasteiger partial charge is 0.311 e. The molecule has 10 aromatic rings. The van der Waals surface area contributed by atoms with Gasteiger partial charge in [0.25, 0.3) is 0 Å². The van der Waals surface area contributed by atoms with Crippen molar-refractivity contribution < 1.29 is 0 Å². The Bertz CT molecular complexity index is 2610. The van der Waals surface area contributed by atoms with Crippen molar-refractivity contribution in [2.24, 2.45) is 0 Å². The first-order valence-electron chi connectivity index (χ1n) is 18.8. The van der Waals surface area contributed by atoms with Gasteiger partial charge in [-0.3, -0.25) is 0 Å². The molecule has 0 saturated heterocycles. The van der Waals surface area contributed by atoms with Crippen molar-refractivity contribution >= 4 is 77.0 Å². The summed E-state index contributed by atoms with van der Waals surface area (Å²) < 4.78 is 2.63. The van der Waals surface area contributed by atoms with Crippen LogP contribution in [0.15, 0.2) is 218 Å². The molecule has 0 aliphatic carbocycles. The molecular formula is C52H36N2S2. The smallest absolute Gasteiger partial charge is 0.0462 e. The Hall–Kier alpha value is -6.72. The highest BCUT2D eigenvalue weighted by Crippen LogP contribution is 2.41. The molecule has 0 amide bonds. The fraction of sp³-hybridized carbons (Fsp3) is 0. The molecule has 2 aromatic heterocycles. The Kier molecular flexibility index (Phi) is 8.96. The van der Waals surface area contributed by atoms with E-state index in [-0.39, 0.29) is 0 Å². The van der Waals surface area contributed by atoms with Crippen LogP contribution in [-0.2, 0) is 0 Å². The van der Waals surface area contributed by atoms with Gasteiger partial charge in [-0.15, -0.1) is 22.7 Å². The summed E-state index contributed by atoms with van der Waals surface area (Å²) in [5.41, 5.74) is 11.5. The summed E-state index contributed by atoms with van der Waals surface area (Å²) in [4.78, 5) is 7.22. The second kappa shape index (κ2) is 14.8. The highest BCUT2D eigenvalue weighted by Gasteiger charge is 2.16. The van der Waals surface area contributed by atoms with Gasteiger partial charge in [-0.25, -0.2) is 0 Å². The van der Waals surface area contributed by atoms with E-state index < -0.39 is 0 Å². The van der Waals surface area contributed by atoms with Gasteiger partial charge in [0.2, 0.25) is 0 Å². The van der Waals surface area contributed by atoms with Gasteiger partial charge in [-0.05, 0) is 130 Å². The van der Waals surface area contributed by atoms with Crippen LogP contribution in [0.5, 0.6) is 0 Å². The first kappa shape index (κ1) is 33.8. The molecule has 0 radical (unpaired) electrons. The third-order valence-corrected chi connectivity index (χ3v) is 12.6. The molecule has 0 bridgehead atoms. The molecule has 0 saturated carbocycles. The van der Waals surface area contributed by atoms with Crippen LogP contribution in [0.25, 0.3) is 52.2 Å². The van der Waals surface area contributed by atoms with Gasteiger partial charge in [0.1, 0.15) is 0 Å². The minimum Gasteiger partial charge on any atom is -0.311 e. The molecule has 0 aliphatic heterocycles.